The van der Waals surface area contributed by atoms with E-state index in [0.717, 1.165) is 0 Å². The zero-order valence-corrected chi connectivity index (χ0v) is 17.3. The Morgan fingerprint density at radius 2 is 1.87 bits per heavy atom. The molecule has 0 fully saturated rings. The van der Waals surface area contributed by atoms with Gasteiger partial charge in [0.2, 0.25) is 0 Å². The highest BCUT2D eigenvalue weighted by atomic mass is 35.5. The minimum absolute atomic E-state index is 0.0493. The van der Waals surface area contributed by atoms with Crippen LogP contribution in [0.25, 0.3) is 22.4 Å². The minimum Gasteiger partial charge on any atom is -0.478 e. The van der Waals surface area contributed by atoms with Crippen LogP contribution in [0.2, 0.25) is 5.02 Å². The number of nitrogens with zero attached hydrogens (tertiary/aromatic N) is 1. The molecule has 0 radical (unpaired) electrons. The standard InChI is InChI=1S/C21H16ClN3O4S/c1-12-10-14(22)8-9-17(12)25-30(28,29)15-5-2-4-13(11-15)20-23-18-7-3-6-16(21(26)27)19(18)24-20/h2-11,25H,1H3,(H,23,24)(H,26,27). The number of fused-ring (bicyclic) bond motifs is 1. The first kappa shape index (κ1) is 19.9. The van der Waals surface area contributed by atoms with Crippen molar-refractivity contribution in [3.8, 4) is 11.4 Å². The maximum absolute atomic E-state index is 12.9. The number of imidazole rings is 1. The van der Waals surface area contributed by atoms with Crippen molar-refractivity contribution in [2.75, 3.05) is 4.72 Å². The molecular formula is C21H16ClN3O4S. The molecule has 0 saturated heterocycles. The second-order valence-corrected chi connectivity index (χ2v) is 8.80. The van der Waals surface area contributed by atoms with E-state index in [9.17, 15) is 18.3 Å². The minimum atomic E-state index is -3.86. The van der Waals surface area contributed by atoms with Gasteiger partial charge in [0.05, 0.1) is 27.2 Å². The number of aromatic amines is 1. The molecule has 0 spiro atoms. The molecule has 1 aromatic heterocycles. The van der Waals surface area contributed by atoms with E-state index in [0.29, 0.717) is 38.7 Å². The average molecular weight is 442 g/mol. The van der Waals surface area contributed by atoms with Crippen molar-refractivity contribution in [2.24, 2.45) is 0 Å². The Balaban J connectivity index is 1.73. The second kappa shape index (κ2) is 7.47. The van der Waals surface area contributed by atoms with Crippen molar-refractivity contribution >= 4 is 44.3 Å². The molecule has 0 bridgehead atoms. The second-order valence-electron chi connectivity index (χ2n) is 6.68. The number of halogens is 1. The van der Waals surface area contributed by atoms with Crippen LogP contribution in [0.5, 0.6) is 0 Å². The number of benzene rings is 3. The summed E-state index contributed by atoms with van der Waals surface area (Å²) in [5.74, 6) is -0.701. The number of carboxylic acid groups (broad SMARTS) is 1. The van der Waals surface area contributed by atoms with Crippen LogP contribution in [0.15, 0.2) is 65.6 Å². The number of aromatic carboxylic acids is 1. The molecule has 0 atom stereocenters. The molecule has 4 rings (SSSR count). The quantitative estimate of drug-likeness (QED) is 0.416. The van der Waals surface area contributed by atoms with Crippen molar-refractivity contribution in [2.45, 2.75) is 11.8 Å². The Labute approximate surface area is 177 Å². The number of para-hydroxylation sites is 1. The SMILES string of the molecule is Cc1cc(Cl)ccc1NS(=O)(=O)c1cccc(-c2nc3cccc(C(=O)O)c3[nH]2)c1. The molecule has 0 unspecified atom stereocenters. The number of hydrogen-bond acceptors (Lipinski definition) is 4. The van der Waals surface area contributed by atoms with Gasteiger partial charge in [-0.25, -0.2) is 18.2 Å². The van der Waals surface area contributed by atoms with E-state index in [1.807, 2.05) is 0 Å². The number of hydrogen-bond donors (Lipinski definition) is 3. The van der Waals surface area contributed by atoms with Gasteiger partial charge in [-0.05, 0) is 55.0 Å². The maximum atomic E-state index is 12.9. The topological polar surface area (TPSA) is 112 Å². The van der Waals surface area contributed by atoms with Crippen LogP contribution in [-0.2, 0) is 10.0 Å². The number of H-pyrrole nitrogens is 1. The van der Waals surface area contributed by atoms with Gasteiger partial charge in [-0.1, -0.05) is 29.8 Å². The lowest BCUT2D eigenvalue weighted by Gasteiger charge is -2.11. The van der Waals surface area contributed by atoms with E-state index in [1.165, 1.54) is 18.2 Å². The summed E-state index contributed by atoms with van der Waals surface area (Å²) >= 11 is 5.93. The number of carboxylic acids is 1. The predicted octanol–water partition coefficient (Wildman–Crippen LogP) is 4.69. The van der Waals surface area contributed by atoms with Crippen molar-refractivity contribution in [3.63, 3.8) is 0 Å². The number of rotatable bonds is 5. The molecule has 0 aliphatic rings. The first-order valence-electron chi connectivity index (χ1n) is 8.86. The average Bonchev–Trinajstić information content (AvgIpc) is 3.14. The van der Waals surface area contributed by atoms with Crippen LogP contribution >= 0.6 is 11.6 Å². The first-order valence-corrected chi connectivity index (χ1v) is 10.7. The summed E-state index contributed by atoms with van der Waals surface area (Å²) < 4.78 is 28.3. The molecule has 0 aliphatic carbocycles. The number of aryl methyl sites for hydroxylation is 1. The number of anilines is 1. The van der Waals surface area contributed by atoms with Gasteiger partial charge in [0.25, 0.3) is 10.0 Å². The van der Waals surface area contributed by atoms with Crippen LogP contribution in [-0.4, -0.2) is 29.5 Å². The maximum Gasteiger partial charge on any atom is 0.337 e. The molecule has 152 valence electrons. The first-order chi connectivity index (χ1) is 14.2. The normalized spacial score (nSPS) is 11.5. The van der Waals surface area contributed by atoms with Crippen LogP contribution in [0.4, 0.5) is 5.69 Å². The summed E-state index contributed by atoms with van der Waals surface area (Å²) in [7, 11) is -3.86. The van der Waals surface area contributed by atoms with Gasteiger partial charge in [0.1, 0.15) is 5.82 Å². The van der Waals surface area contributed by atoms with Gasteiger partial charge < -0.3 is 10.1 Å². The van der Waals surface area contributed by atoms with E-state index >= 15 is 0 Å². The Hall–Kier alpha value is -3.36. The molecule has 4 aromatic rings. The van der Waals surface area contributed by atoms with E-state index in [1.54, 1.807) is 49.4 Å². The third-order valence-corrected chi connectivity index (χ3v) is 6.20. The summed E-state index contributed by atoms with van der Waals surface area (Å²) in [6.07, 6.45) is 0. The van der Waals surface area contributed by atoms with Crippen LogP contribution < -0.4 is 4.72 Å². The van der Waals surface area contributed by atoms with Gasteiger partial charge in [-0.3, -0.25) is 4.72 Å². The number of aromatic nitrogens is 2. The fourth-order valence-electron chi connectivity index (χ4n) is 3.10. The van der Waals surface area contributed by atoms with Gasteiger partial charge in [0.15, 0.2) is 0 Å². The fourth-order valence-corrected chi connectivity index (χ4v) is 4.51. The van der Waals surface area contributed by atoms with Gasteiger partial charge >= 0.3 is 5.97 Å². The molecule has 3 aromatic carbocycles. The largest absolute Gasteiger partial charge is 0.478 e. The molecule has 30 heavy (non-hydrogen) atoms. The van der Waals surface area contributed by atoms with Crippen molar-refractivity contribution in [1.82, 2.24) is 9.97 Å². The lowest BCUT2D eigenvalue weighted by Crippen LogP contribution is -2.13. The highest BCUT2D eigenvalue weighted by molar-refractivity contribution is 7.92. The van der Waals surface area contributed by atoms with E-state index in [2.05, 4.69) is 14.7 Å². The lowest BCUT2D eigenvalue weighted by atomic mass is 10.2. The van der Waals surface area contributed by atoms with E-state index < -0.39 is 16.0 Å². The third-order valence-electron chi connectivity index (χ3n) is 4.60. The number of carbonyl (C=O) groups is 1. The molecule has 9 heteroatoms. The molecule has 0 saturated carbocycles. The number of sulfonamides is 1. The zero-order chi connectivity index (χ0) is 21.5. The predicted molar refractivity (Wildman–Crippen MR) is 115 cm³/mol. The molecule has 0 amide bonds. The highest BCUT2D eigenvalue weighted by Gasteiger charge is 2.18. The summed E-state index contributed by atoms with van der Waals surface area (Å²) in [6.45, 7) is 1.76. The number of nitrogens with one attached hydrogen (secondary N) is 2. The monoisotopic (exact) mass is 441 g/mol. The summed E-state index contributed by atoms with van der Waals surface area (Å²) in [5, 5.41) is 9.87. The van der Waals surface area contributed by atoms with Crippen LogP contribution in [0.3, 0.4) is 0 Å². The fraction of sp³-hybridized carbons (Fsp3) is 0.0476. The Morgan fingerprint density at radius 1 is 1.10 bits per heavy atom. The Bertz CT molecular complexity index is 1400. The Morgan fingerprint density at radius 3 is 2.60 bits per heavy atom. The van der Waals surface area contributed by atoms with E-state index in [4.69, 9.17) is 11.6 Å². The van der Waals surface area contributed by atoms with Crippen LogP contribution in [0.1, 0.15) is 15.9 Å². The third kappa shape index (κ3) is 3.74. The highest BCUT2D eigenvalue weighted by Crippen LogP contribution is 2.27. The van der Waals surface area contributed by atoms with Crippen molar-refractivity contribution < 1.29 is 18.3 Å². The van der Waals surface area contributed by atoms with E-state index in [-0.39, 0.29) is 10.5 Å². The van der Waals surface area contributed by atoms with Gasteiger partial charge in [0, 0.05) is 10.6 Å². The van der Waals surface area contributed by atoms with Gasteiger partial charge in [-0.15, -0.1) is 0 Å². The molecule has 3 N–H and O–H groups in total. The Kier molecular flexibility index (Phi) is 4.97. The van der Waals surface area contributed by atoms with Crippen LogP contribution in [0, 0.1) is 6.92 Å². The zero-order valence-electron chi connectivity index (χ0n) is 15.7. The molecule has 1 heterocycles. The van der Waals surface area contributed by atoms with Crippen molar-refractivity contribution in [3.05, 3.63) is 76.8 Å². The summed E-state index contributed by atoms with van der Waals surface area (Å²) in [4.78, 5) is 18.9. The lowest BCUT2D eigenvalue weighted by molar-refractivity contribution is 0.0699. The van der Waals surface area contributed by atoms with Crippen molar-refractivity contribution in [1.29, 1.82) is 0 Å². The molecule has 0 aliphatic heterocycles. The summed E-state index contributed by atoms with van der Waals surface area (Å²) in [6, 6.07) is 15.9. The molecular weight excluding hydrogens is 426 g/mol. The summed E-state index contributed by atoms with van der Waals surface area (Å²) in [5.41, 5.74) is 2.59. The smallest absolute Gasteiger partial charge is 0.337 e. The van der Waals surface area contributed by atoms with Gasteiger partial charge in [-0.2, -0.15) is 0 Å². The molecule has 7 nitrogen and oxygen atoms in total.